The molecule has 0 bridgehead atoms. The van der Waals surface area contributed by atoms with Gasteiger partial charge in [-0.2, -0.15) is 10.2 Å². The fourth-order valence-corrected chi connectivity index (χ4v) is 2.34. The molecule has 0 aliphatic heterocycles. The number of anilines is 2. The van der Waals surface area contributed by atoms with Crippen molar-refractivity contribution < 1.29 is 4.57 Å². The monoisotopic (exact) mass is 259 g/mol. The Morgan fingerprint density at radius 3 is 1.39 bits per heavy atom. The number of benzene rings is 2. The third-order valence-electron chi connectivity index (χ3n) is 2.56. The molecule has 0 saturated heterocycles. The normalized spacial score (nSPS) is 9.89. The highest BCUT2D eigenvalue weighted by atomic mass is 31.1. The van der Waals surface area contributed by atoms with Gasteiger partial charge >= 0.3 is 8.10 Å². The quantitative estimate of drug-likeness (QED) is 0.795. The van der Waals surface area contributed by atoms with Crippen molar-refractivity contribution in [2.24, 2.45) is 0 Å². The summed E-state index contributed by atoms with van der Waals surface area (Å²) in [6, 6.07) is 15.6. The van der Waals surface area contributed by atoms with E-state index >= 15 is 0 Å². The minimum absolute atomic E-state index is 0.848. The number of hydrogen-bond acceptors (Lipinski definition) is 1. The highest BCUT2D eigenvalue weighted by Gasteiger charge is 2.15. The molecule has 0 saturated carbocycles. The molecule has 0 amide bonds. The summed E-state index contributed by atoms with van der Waals surface area (Å²) in [5.74, 6) is 0. The standard InChI is InChI=1S/C14H16N2OP/c1-11-3-7-13(8-4-11)15-18(17)16-14-9-5-12(2)6-10-14/h3-10H,1-2H3,(H2,15,16,17)/q+1. The van der Waals surface area contributed by atoms with Gasteiger partial charge in [0.2, 0.25) is 0 Å². The van der Waals surface area contributed by atoms with Crippen molar-refractivity contribution in [1.82, 2.24) is 0 Å². The summed E-state index contributed by atoms with van der Waals surface area (Å²) in [5.41, 5.74) is 4.06. The van der Waals surface area contributed by atoms with E-state index in [1.54, 1.807) is 0 Å². The van der Waals surface area contributed by atoms with E-state index in [1.165, 1.54) is 11.1 Å². The molecule has 2 aromatic rings. The SMILES string of the molecule is Cc1ccc(N[P+](=O)Nc2ccc(C)cc2)cc1. The van der Waals surface area contributed by atoms with Gasteiger partial charge in [-0.05, 0) is 42.7 Å². The molecule has 0 aliphatic rings. The number of aryl methyl sites for hydroxylation is 2. The zero-order valence-corrected chi connectivity index (χ0v) is 11.4. The summed E-state index contributed by atoms with van der Waals surface area (Å²) in [7, 11) is -1.70. The second kappa shape index (κ2) is 5.65. The maximum absolute atomic E-state index is 11.9. The largest absolute Gasteiger partial charge is 0.590 e. The lowest BCUT2D eigenvalue weighted by atomic mass is 10.2. The summed E-state index contributed by atoms with van der Waals surface area (Å²) < 4.78 is 11.9. The molecule has 4 heteroatoms. The lowest BCUT2D eigenvalue weighted by Crippen LogP contribution is -1.95. The molecule has 0 spiro atoms. The first kappa shape index (κ1) is 12.6. The third-order valence-corrected chi connectivity index (χ3v) is 3.49. The van der Waals surface area contributed by atoms with Crippen LogP contribution in [0.4, 0.5) is 11.4 Å². The highest BCUT2D eigenvalue weighted by Crippen LogP contribution is 2.26. The smallest absolute Gasteiger partial charge is 0.157 e. The molecule has 0 fully saturated rings. The molecule has 0 unspecified atom stereocenters. The van der Waals surface area contributed by atoms with Crippen LogP contribution in [0.1, 0.15) is 11.1 Å². The van der Waals surface area contributed by atoms with Gasteiger partial charge in [0.1, 0.15) is 0 Å². The van der Waals surface area contributed by atoms with E-state index in [1.807, 2.05) is 62.4 Å². The van der Waals surface area contributed by atoms with Crippen molar-refractivity contribution in [3.63, 3.8) is 0 Å². The topological polar surface area (TPSA) is 41.1 Å². The molecular weight excluding hydrogens is 243 g/mol. The average Bonchev–Trinajstić information content (AvgIpc) is 2.35. The van der Waals surface area contributed by atoms with Gasteiger partial charge in [0.25, 0.3) is 0 Å². The van der Waals surface area contributed by atoms with Crippen molar-refractivity contribution in [3.8, 4) is 0 Å². The number of nitrogens with one attached hydrogen (secondary N) is 2. The molecule has 0 aromatic heterocycles. The van der Waals surface area contributed by atoms with Crippen LogP contribution in [0.3, 0.4) is 0 Å². The van der Waals surface area contributed by atoms with Crippen LogP contribution in [0.5, 0.6) is 0 Å². The van der Waals surface area contributed by atoms with Crippen LogP contribution in [0, 0.1) is 13.8 Å². The molecule has 3 nitrogen and oxygen atoms in total. The van der Waals surface area contributed by atoms with Gasteiger partial charge in [-0.25, -0.2) is 0 Å². The van der Waals surface area contributed by atoms with Crippen molar-refractivity contribution in [2.45, 2.75) is 13.8 Å². The van der Waals surface area contributed by atoms with Gasteiger partial charge in [0.15, 0.2) is 0 Å². The maximum atomic E-state index is 11.9. The Hall–Kier alpha value is -1.86. The third kappa shape index (κ3) is 3.57. The van der Waals surface area contributed by atoms with Crippen LogP contribution in [0.25, 0.3) is 0 Å². The van der Waals surface area contributed by atoms with Crippen molar-refractivity contribution in [3.05, 3.63) is 59.7 Å². The predicted octanol–water partition coefficient (Wildman–Crippen LogP) is 4.48. The van der Waals surface area contributed by atoms with Crippen molar-refractivity contribution in [1.29, 1.82) is 0 Å². The molecule has 2 rings (SSSR count). The Labute approximate surface area is 108 Å². The van der Waals surface area contributed by atoms with E-state index in [9.17, 15) is 4.57 Å². The second-order valence-electron chi connectivity index (χ2n) is 4.25. The van der Waals surface area contributed by atoms with Gasteiger partial charge in [-0.3, -0.25) is 0 Å². The Kier molecular flexibility index (Phi) is 3.96. The predicted molar refractivity (Wildman–Crippen MR) is 77.2 cm³/mol. The van der Waals surface area contributed by atoms with Crippen LogP contribution < -0.4 is 10.2 Å². The lowest BCUT2D eigenvalue weighted by molar-refractivity contribution is 0.593. The zero-order valence-electron chi connectivity index (χ0n) is 10.5. The van der Waals surface area contributed by atoms with E-state index in [0.717, 1.165) is 11.4 Å². The summed E-state index contributed by atoms with van der Waals surface area (Å²) in [5, 5.41) is 5.86. The maximum Gasteiger partial charge on any atom is 0.590 e. The van der Waals surface area contributed by atoms with Crippen molar-refractivity contribution >= 4 is 19.5 Å². The van der Waals surface area contributed by atoms with Gasteiger partial charge < -0.3 is 0 Å². The minimum atomic E-state index is -1.70. The van der Waals surface area contributed by atoms with Crippen LogP contribution in [-0.4, -0.2) is 0 Å². The molecule has 0 aliphatic carbocycles. The molecule has 0 radical (unpaired) electrons. The van der Waals surface area contributed by atoms with Crippen LogP contribution in [0.15, 0.2) is 48.5 Å². The van der Waals surface area contributed by atoms with E-state index in [4.69, 9.17) is 0 Å². The Bertz CT molecular complexity index is 485. The molecule has 2 aromatic carbocycles. The van der Waals surface area contributed by atoms with Crippen LogP contribution in [-0.2, 0) is 4.57 Å². The van der Waals surface area contributed by atoms with Crippen LogP contribution in [0.2, 0.25) is 0 Å². The Morgan fingerprint density at radius 1 is 0.722 bits per heavy atom. The number of rotatable bonds is 4. The van der Waals surface area contributed by atoms with E-state index < -0.39 is 8.10 Å². The van der Waals surface area contributed by atoms with Gasteiger partial charge in [0.05, 0.1) is 11.4 Å². The first-order valence-corrected chi connectivity index (χ1v) is 7.03. The summed E-state index contributed by atoms with van der Waals surface area (Å²) in [4.78, 5) is 0. The molecule has 0 heterocycles. The van der Waals surface area contributed by atoms with E-state index in [-0.39, 0.29) is 0 Å². The zero-order chi connectivity index (χ0) is 13.0. The van der Waals surface area contributed by atoms with Gasteiger partial charge in [-0.1, -0.05) is 35.4 Å². The second-order valence-corrected chi connectivity index (χ2v) is 5.29. The minimum Gasteiger partial charge on any atom is -0.157 e. The van der Waals surface area contributed by atoms with Crippen molar-refractivity contribution in [2.75, 3.05) is 10.2 Å². The lowest BCUT2D eigenvalue weighted by Gasteiger charge is -1.99. The molecule has 0 atom stereocenters. The first-order chi connectivity index (χ1) is 8.63. The first-order valence-electron chi connectivity index (χ1n) is 5.77. The van der Waals surface area contributed by atoms with E-state index in [0.29, 0.717) is 0 Å². The molecule has 2 N–H and O–H groups in total. The Morgan fingerprint density at radius 2 is 1.06 bits per heavy atom. The van der Waals surface area contributed by atoms with E-state index in [2.05, 4.69) is 10.2 Å². The fraction of sp³-hybridized carbons (Fsp3) is 0.143. The van der Waals surface area contributed by atoms with Crippen LogP contribution >= 0.6 is 8.10 Å². The molecule has 18 heavy (non-hydrogen) atoms. The number of hydrogen-bond donors (Lipinski definition) is 2. The fourth-order valence-electron chi connectivity index (χ4n) is 1.52. The average molecular weight is 259 g/mol. The summed E-state index contributed by atoms with van der Waals surface area (Å²) in [6.45, 7) is 4.04. The summed E-state index contributed by atoms with van der Waals surface area (Å²) in [6.07, 6.45) is 0. The summed E-state index contributed by atoms with van der Waals surface area (Å²) >= 11 is 0. The Balaban J connectivity index is 1.96. The molecular formula is C14H16N2OP+. The highest BCUT2D eigenvalue weighted by molar-refractivity contribution is 7.48. The van der Waals surface area contributed by atoms with Gasteiger partial charge in [0, 0.05) is 0 Å². The van der Waals surface area contributed by atoms with Gasteiger partial charge in [-0.15, -0.1) is 0 Å². The molecule has 92 valence electrons.